The molecule has 0 heterocycles. The predicted molar refractivity (Wildman–Crippen MR) is 105 cm³/mol. The summed E-state index contributed by atoms with van der Waals surface area (Å²) >= 11 is 0. The van der Waals surface area contributed by atoms with Crippen molar-refractivity contribution < 1.29 is 9.59 Å². The van der Waals surface area contributed by atoms with Crippen LogP contribution in [0.2, 0.25) is 0 Å². The Kier molecular flexibility index (Phi) is 5.86. The molecule has 2 aromatic rings. The third-order valence-electron chi connectivity index (χ3n) is 4.77. The van der Waals surface area contributed by atoms with Crippen molar-refractivity contribution in [2.24, 2.45) is 5.41 Å². The van der Waals surface area contributed by atoms with Crippen LogP contribution in [0.1, 0.15) is 59.5 Å². The van der Waals surface area contributed by atoms with E-state index in [1.807, 2.05) is 71.9 Å². The van der Waals surface area contributed by atoms with E-state index in [0.29, 0.717) is 11.1 Å². The largest absolute Gasteiger partial charge is 0.272 e. The molecule has 26 heavy (non-hydrogen) atoms. The molecule has 4 nitrogen and oxygen atoms in total. The average Bonchev–Trinajstić information content (AvgIpc) is 2.58. The summed E-state index contributed by atoms with van der Waals surface area (Å²) in [7, 11) is 0. The molecule has 2 rings (SSSR count). The molecule has 0 aliphatic carbocycles. The van der Waals surface area contributed by atoms with Crippen LogP contribution in [0.3, 0.4) is 0 Å². The van der Waals surface area contributed by atoms with Gasteiger partial charge in [0.1, 0.15) is 0 Å². The van der Waals surface area contributed by atoms with Gasteiger partial charge in [0.2, 0.25) is 0 Å². The summed E-state index contributed by atoms with van der Waals surface area (Å²) in [5.41, 5.74) is 5.72. The molecule has 4 heteroatoms. The molecule has 0 fully saturated rings. The minimum atomic E-state index is -0.289. The number of carbonyl (C=O) groups excluding carboxylic acids is 2. The number of rotatable bonds is 3. The quantitative estimate of drug-likeness (QED) is 0.825. The van der Waals surface area contributed by atoms with Crippen molar-refractivity contribution in [1.82, 2.24) is 10.4 Å². The monoisotopic (exact) mass is 352 g/mol. The van der Waals surface area contributed by atoms with Gasteiger partial charge in [0, 0.05) is 11.1 Å². The Morgan fingerprint density at radius 3 is 2.08 bits per heavy atom. The Bertz CT molecular complexity index is 789. The van der Waals surface area contributed by atoms with Crippen LogP contribution in [-0.2, 0) is 0 Å². The van der Waals surface area contributed by atoms with Crippen molar-refractivity contribution >= 4 is 11.8 Å². The minimum Gasteiger partial charge on any atom is -0.267 e. The van der Waals surface area contributed by atoms with Crippen LogP contribution in [0, 0.1) is 19.3 Å². The number of amides is 2. The first-order valence-corrected chi connectivity index (χ1v) is 8.88. The SMILES string of the molecule is Cc1ccc(C(=O)NN(C(=O)c2ccccc2C)C(C)C(C)(C)C)cc1. The van der Waals surface area contributed by atoms with Crippen LogP contribution in [0.5, 0.6) is 0 Å². The lowest BCUT2D eigenvalue weighted by molar-refractivity contribution is 0.0336. The molecule has 0 aromatic heterocycles. The fourth-order valence-corrected chi connectivity index (χ4v) is 2.53. The van der Waals surface area contributed by atoms with Crippen LogP contribution in [0.25, 0.3) is 0 Å². The highest BCUT2D eigenvalue weighted by Gasteiger charge is 2.32. The number of nitrogens with zero attached hydrogens (tertiary/aromatic N) is 1. The molecule has 0 bridgehead atoms. The second kappa shape index (κ2) is 7.73. The van der Waals surface area contributed by atoms with Gasteiger partial charge < -0.3 is 0 Å². The second-order valence-electron chi connectivity index (χ2n) is 7.84. The van der Waals surface area contributed by atoms with Crippen molar-refractivity contribution in [3.63, 3.8) is 0 Å². The third-order valence-corrected chi connectivity index (χ3v) is 4.77. The fraction of sp³-hybridized carbons (Fsp3) is 0.364. The molecular weight excluding hydrogens is 324 g/mol. The zero-order chi connectivity index (χ0) is 19.5. The van der Waals surface area contributed by atoms with E-state index in [4.69, 9.17) is 0 Å². The smallest absolute Gasteiger partial charge is 0.267 e. The maximum atomic E-state index is 13.2. The average molecular weight is 352 g/mol. The molecule has 2 amide bonds. The number of nitrogens with one attached hydrogen (secondary N) is 1. The first-order valence-electron chi connectivity index (χ1n) is 8.88. The van der Waals surface area contributed by atoms with Gasteiger partial charge in [-0.1, -0.05) is 56.7 Å². The lowest BCUT2D eigenvalue weighted by Crippen LogP contribution is -2.55. The van der Waals surface area contributed by atoms with E-state index in [2.05, 4.69) is 5.43 Å². The van der Waals surface area contributed by atoms with E-state index in [1.165, 1.54) is 5.01 Å². The van der Waals surface area contributed by atoms with Crippen LogP contribution >= 0.6 is 0 Å². The molecule has 1 N–H and O–H groups in total. The normalized spacial score (nSPS) is 12.4. The van der Waals surface area contributed by atoms with Gasteiger partial charge in [0.05, 0.1) is 6.04 Å². The van der Waals surface area contributed by atoms with E-state index >= 15 is 0 Å². The molecule has 0 saturated heterocycles. The van der Waals surface area contributed by atoms with Gasteiger partial charge in [-0.05, 0) is 49.9 Å². The lowest BCUT2D eigenvalue weighted by Gasteiger charge is -2.38. The standard InChI is InChI=1S/C22H28N2O2/c1-15-11-13-18(14-12-15)20(25)23-24(17(3)22(4,5)6)21(26)19-10-8-7-9-16(19)2/h7-14,17H,1-6H3,(H,23,25). The molecule has 2 aromatic carbocycles. The van der Waals surface area contributed by atoms with Crippen molar-refractivity contribution in [1.29, 1.82) is 0 Å². The zero-order valence-corrected chi connectivity index (χ0v) is 16.5. The van der Waals surface area contributed by atoms with Gasteiger partial charge in [0.25, 0.3) is 11.8 Å². The Hall–Kier alpha value is -2.62. The van der Waals surface area contributed by atoms with Gasteiger partial charge in [-0.25, -0.2) is 5.01 Å². The first kappa shape index (κ1) is 19.7. The summed E-state index contributed by atoms with van der Waals surface area (Å²) in [6, 6.07) is 14.5. The molecule has 1 atom stereocenters. The van der Waals surface area contributed by atoms with Crippen molar-refractivity contribution in [3.05, 3.63) is 70.8 Å². The highest BCUT2D eigenvalue weighted by molar-refractivity contribution is 6.00. The molecule has 0 spiro atoms. The molecule has 1 unspecified atom stereocenters. The Morgan fingerprint density at radius 1 is 0.962 bits per heavy atom. The molecule has 0 aliphatic rings. The second-order valence-corrected chi connectivity index (χ2v) is 7.84. The molecular formula is C22H28N2O2. The maximum Gasteiger partial charge on any atom is 0.272 e. The Labute approximate surface area is 156 Å². The van der Waals surface area contributed by atoms with Gasteiger partial charge in [0.15, 0.2) is 0 Å². The van der Waals surface area contributed by atoms with Crippen LogP contribution < -0.4 is 5.43 Å². The summed E-state index contributed by atoms with van der Waals surface area (Å²) in [5.74, 6) is -0.492. The first-order chi connectivity index (χ1) is 12.1. The van der Waals surface area contributed by atoms with E-state index < -0.39 is 0 Å². The topological polar surface area (TPSA) is 49.4 Å². The number of hydrazine groups is 1. The van der Waals surface area contributed by atoms with E-state index in [0.717, 1.165) is 11.1 Å². The van der Waals surface area contributed by atoms with Gasteiger partial charge in [-0.3, -0.25) is 15.0 Å². The van der Waals surface area contributed by atoms with Crippen LogP contribution in [-0.4, -0.2) is 22.9 Å². The fourth-order valence-electron chi connectivity index (χ4n) is 2.53. The third kappa shape index (κ3) is 4.51. The predicted octanol–water partition coefficient (Wildman–Crippen LogP) is 4.53. The van der Waals surface area contributed by atoms with Crippen LogP contribution in [0.15, 0.2) is 48.5 Å². The molecule has 0 radical (unpaired) electrons. The van der Waals surface area contributed by atoms with E-state index in [-0.39, 0.29) is 23.3 Å². The van der Waals surface area contributed by atoms with Gasteiger partial charge in [-0.2, -0.15) is 0 Å². The summed E-state index contributed by atoms with van der Waals surface area (Å²) < 4.78 is 0. The number of hydrogen-bond donors (Lipinski definition) is 1. The number of benzene rings is 2. The van der Waals surface area contributed by atoms with Crippen molar-refractivity contribution in [2.45, 2.75) is 47.6 Å². The number of hydrogen-bond acceptors (Lipinski definition) is 2. The van der Waals surface area contributed by atoms with Gasteiger partial charge >= 0.3 is 0 Å². The summed E-state index contributed by atoms with van der Waals surface area (Å²) in [4.78, 5) is 25.9. The number of carbonyl (C=O) groups is 2. The molecule has 138 valence electrons. The number of aryl methyl sites for hydroxylation is 2. The summed E-state index contributed by atoms with van der Waals surface area (Å²) in [6.45, 7) is 12.0. The molecule has 0 saturated carbocycles. The maximum absolute atomic E-state index is 13.2. The molecule has 0 aliphatic heterocycles. The zero-order valence-electron chi connectivity index (χ0n) is 16.5. The van der Waals surface area contributed by atoms with Crippen molar-refractivity contribution in [3.8, 4) is 0 Å². The highest BCUT2D eigenvalue weighted by atomic mass is 16.2. The Balaban J connectivity index is 2.35. The van der Waals surface area contributed by atoms with E-state index in [1.54, 1.807) is 18.2 Å². The van der Waals surface area contributed by atoms with E-state index in [9.17, 15) is 9.59 Å². The van der Waals surface area contributed by atoms with Gasteiger partial charge in [-0.15, -0.1) is 0 Å². The lowest BCUT2D eigenvalue weighted by atomic mass is 9.87. The van der Waals surface area contributed by atoms with Crippen molar-refractivity contribution in [2.75, 3.05) is 0 Å². The summed E-state index contributed by atoms with van der Waals surface area (Å²) in [5, 5.41) is 1.46. The minimum absolute atomic E-state index is 0.191. The summed E-state index contributed by atoms with van der Waals surface area (Å²) in [6.07, 6.45) is 0. The van der Waals surface area contributed by atoms with Crippen LogP contribution in [0.4, 0.5) is 0 Å². The Morgan fingerprint density at radius 2 is 1.54 bits per heavy atom. The highest BCUT2D eigenvalue weighted by Crippen LogP contribution is 2.25.